The molecule has 1 saturated carbocycles. The summed E-state index contributed by atoms with van der Waals surface area (Å²) in [4.78, 5) is 8.58. The van der Waals surface area contributed by atoms with Gasteiger partial charge in [-0.3, -0.25) is 0 Å². The summed E-state index contributed by atoms with van der Waals surface area (Å²) in [5.74, 6) is 1.98. The molecule has 0 spiro atoms. The van der Waals surface area contributed by atoms with Crippen LogP contribution < -0.4 is 5.32 Å². The average Bonchev–Trinajstić information content (AvgIpc) is 2.87. The van der Waals surface area contributed by atoms with E-state index in [2.05, 4.69) is 29.1 Å². The van der Waals surface area contributed by atoms with Crippen LogP contribution in [0, 0.1) is 0 Å². The Hall–Kier alpha value is -0.830. The molecule has 0 aromatic carbocycles. The van der Waals surface area contributed by atoms with E-state index in [4.69, 9.17) is 11.6 Å². The van der Waals surface area contributed by atoms with Crippen molar-refractivity contribution in [2.24, 2.45) is 0 Å². The Labute approximate surface area is 88.9 Å². The number of halogens is 1. The van der Waals surface area contributed by atoms with E-state index in [9.17, 15) is 0 Å². The Bertz CT molecular complexity index is 334. The smallest absolute Gasteiger partial charge is 0.135 e. The number of hydrogen-bond acceptors (Lipinski definition) is 3. The first kappa shape index (κ1) is 9.71. The lowest BCUT2D eigenvalue weighted by Crippen LogP contribution is -2.06. The van der Waals surface area contributed by atoms with E-state index in [0.717, 1.165) is 11.6 Å². The van der Waals surface area contributed by atoms with Crippen molar-refractivity contribution in [3.63, 3.8) is 0 Å². The molecule has 1 aromatic rings. The molecule has 1 aromatic heterocycles. The standard InChI is InChI=1S/C10H14ClN3/c1-6(2)10-13-8(11)5-9(14-10)12-7-3-4-7/h5-7H,3-4H2,1-2H3,(H,12,13,14). The number of anilines is 1. The fourth-order valence-corrected chi connectivity index (χ4v) is 1.39. The van der Waals surface area contributed by atoms with Crippen molar-refractivity contribution < 1.29 is 0 Å². The average molecular weight is 212 g/mol. The summed E-state index contributed by atoms with van der Waals surface area (Å²) in [6.45, 7) is 4.12. The molecule has 14 heavy (non-hydrogen) atoms. The second-order valence-corrected chi connectivity index (χ2v) is 4.39. The molecular weight excluding hydrogens is 198 g/mol. The maximum Gasteiger partial charge on any atom is 0.135 e. The van der Waals surface area contributed by atoms with Crippen molar-refractivity contribution in [1.82, 2.24) is 9.97 Å². The minimum atomic E-state index is 0.313. The molecule has 1 fully saturated rings. The molecule has 0 radical (unpaired) electrons. The van der Waals surface area contributed by atoms with Gasteiger partial charge in [0.15, 0.2) is 0 Å². The maximum atomic E-state index is 5.91. The van der Waals surface area contributed by atoms with Crippen molar-refractivity contribution in [1.29, 1.82) is 0 Å². The summed E-state index contributed by atoms with van der Waals surface area (Å²) in [6.07, 6.45) is 2.47. The van der Waals surface area contributed by atoms with Crippen LogP contribution in [0.2, 0.25) is 5.15 Å². The summed E-state index contributed by atoms with van der Waals surface area (Å²) < 4.78 is 0. The van der Waals surface area contributed by atoms with Gasteiger partial charge in [0.1, 0.15) is 16.8 Å². The van der Waals surface area contributed by atoms with Gasteiger partial charge in [0, 0.05) is 18.0 Å². The second kappa shape index (κ2) is 3.73. The van der Waals surface area contributed by atoms with Crippen LogP contribution in [0.3, 0.4) is 0 Å². The highest BCUT2D eigenvalue weighted by molar-refractivity contribution is 6.29. The lowest BCUT2D eigenvalue weighted by atomic mass is 10.2. The molecule has 0 aliphatic heterocycles. The zero-order valence-corrected chi connectivity index (χ0v) is 9.17. The lowest BCUT2D eigenvalue weighted by molar-refractivity contribution is 0.774. The van der Waals surface area contributed by atoms with Gasteiger partial charge >= 0.3 is 0 Å². The second-order valence-electron chi connectivity index (χ2n) is 4.01. The Balaban J connectivity index is 2.21. The van der Waals surface area contributed by atoms with Crippen LogP contribution in [0.4, 0.5) is 5.82 Å². The zero-order valence-electron chi connectivity index (χ0n) is 8.42. The molecule has 0 bridgehead atoms. The topological polar surface area (TPSA) is 37.8 Å². The molecular formula is C10H14ClN3. The van der Waals surface area contributed by atoms with Crippen molar-refractivity contribution >= 4 is 17.4 Å². The Morgan fingerprint density at radius 3 is 2.71 bits per heavy atom. The molecule has 1 heterocycles. The third kappa shape index (κ3) is 2.35. The van der Waals surface area contributed by atoms with Crippen LogP contribution >= 0.6 is 11.6 Å². The van der Waals surface area contributed by atoms with Crippen LogP contribution in [-0.2, 0) is 0 Å². The number of nitrogens with zero attached hydrogens (tertiary/aromatic N) is 2. The summed E-state index contributed by atoms with van der Waals surface area (Å²) in [7, 11) is 0. The van der Waals surface area contributed by atoms with Gasteiger partial charge in [-0.25, -0.2) is 9.97 Å². The minimum absolute atomic E-state index is 0.313. The van der Waals surface area contributed by atoms with Crippen LogP contribution in [0.5, 0.6) is 0 Å². The Morgan fingerprint density at radius 1 is 1.43 bits per heavy atom. The molecule has 4 heteroatoms. The summed E-state index contributed by atoms with van der Waals surface area (Å²) in [6, 6.07) is 2.38. The van der Waals surface area contributed by atoms with E-state index in [0.29, 0.717) is 17.1 Å². The Morgan fingerprint density at radius 2 is 2.14 bits per heavy atom. The third-order valence-electron chi connectivity index (χ3n) is 2.16. The van der Waals surface area contributed by atoms with Gasteiger partial charge in [0.25, 0.3) is 0 Å². The highest BCUT2D eigenvalue weighted by Gasteiger charge is 2.21. The third-order valence-corrected chi connectivity index (χ3v) is 2.35. The van der Waals surface area contributed by atoms with Crippen molar-refractivity contribution in [3.8, 4) is 0 Å². The number of rotatable bonds is 3. The van der Waals surface area contributed by atoms with E-state index in [1.54, 1.807) is 6.07 Å². The fourth-order valence-electron chi connectivity index (χ4n) is 1.20. The van der Waals surface area contributed by atoms with Gasteiger partial charge in [0.05, 0.1) is 0 Å². The first-order valence-electron chi connectivity index (χ1n) is 4.96. The fraction of sp³-hybridized carbons (Fsp3) is 0.600. The molecule has 1 aliphatic rings. The van der Waals surface area contributed by atoms with E-state index >= 15 is 0 Å². The highest BCUT2D eigenvalue weighted by Crippen LogP contribution is 2.25. The van der Waals surface area contributed by atoms with Gasteiger partial charge in [-0.1, -0.05) is 25.4 Å². The van der Waals surface area contributed by atoms with E-state index < -0.39 is 0 Å². The van der Waals surface area contributed by atoms with E-state index in [1.807, 2.05) is 0 Å². The van der Waals surface area contributed by atoms with Crippen molar-refractivity contribution in [2.75, 3.05) is 5.32 Å². The summed E-state index contributed by atoms with van der Waals surface area (Å²) in [5.41, 5.74) is 0. The maximum absolute atomic E-state index is 5.91. The van der Waals surface area contributed by atoms with Gasteiger partial charge in [-0.15, -0.1) is 0 Å². The normalized spacial score (nSPS) is 16.0. The number of aromatic nitrogens is 2. The molecule has 1 N–H and O–H groups in total. The molecule has 0 unspecified atom stereocenters. The Kier molecular flexibility index (Phi) is 2.59. The quantitative estimate of drug-likeness (QED) is 0.782. The largest absolute Gasteiger partial charge is 0.367 e. The molecule has 0 amide bonds. The molecule has 0 atom stereocenters. The summed E-state index contributed by atoms with van der Waals surface area (Å²) in [5, 5.41) is 3.84. The molecule has 2 rings (SSSR count). The SMILES string of the molecule is CC(C)c1nc(Cl)cc(NC2CC2)n1. The molecule has 1 aliphatic carbocycles. The number of nitrogens with one attached hydrogen (secondary N) is 1. The van der Waals surface area contributed by atoms with Crippen LogP contribution in [0.15, 0.2) is 6.07 Å². The molecule has 76 valence electrons. The van der Waals surface area contributed by atoms with Crippen LogP contribution in [-0.4, -0.2) is 16.0 Å². The van der Waals surface area contributed by atoms with Crippen LogP contribution in [0.1, 0.15) is 38.4 Å². The predicted octanol–water partition coefficient (Wildman–Crippen LogP) is 2.83. The van der Waals surface area contributed by atoms with E-state index in [-0.39, 0.29) is 0 Å². The van der Waals surface area contributed by atoms with E-state index in [1.165, 1.54) is 12.8 Å². The van der Waals surface area contributed by atoms with Gasteiger partial charge in [-0.2, -0.15) is 0 Å². The van der Waals surface area contributed by atoms with Gasteiger partial charge < -0.3 is 5.32 Å². The van der Waals surface area contributed by atoms with Crippen molar-refractivity contribution in [3.05, 3.63) is 17.0 Å². The summed E-state index contributed by atoms with van der Waals surface area (Å²) >= 11 is 5.91. The predicted molar refractivity (Wildman–Crippen MR) is 57.8 cm³/mol. The number of hydrogen-bond donors (Lipinski definition) is 1. The molecule has 3 nitrogen and oxygen atoms in total. The van der Waals surface area contributed by atoms with Crippen LogP contribution in [0.25, 0.3) is 0 Å². The van der Waals surface area contributed by atoms with Gasteiger partial charge in [0.2, 0.25) is 0 Å². The molecule has 0 saturated heterocycles. The zero-order chi connectivity index (χ0) is 10.1. The minimum Gasteiger partial charge on any atom is -0.367 e. The van der Waals surface area contributed by atoms with Crippen molar-refractivity contribution in [2.45, 2.75) is 38.6 Å². The highest BCUT2D eigenvalue weighted by atomic mass is 35.5. The first-order valence-corrected chi connectivity index (χ1v) is 5.34. The van der Waals surface area contributed by atoms with Gasteiger partial charge in [-0.05, 0) is 12.8 Å². The monoisotopic (exact) mass is 211 g/mol. The first-order chi connectivity index (χ1) is 6.65. The lowest BCUT2D eigenvalue weighted by Gasteiger charge is -2.08.